The Morgan fingerprint density at radius 2 is 1.79 bits per heavy atom. The predicted molar refractivity (Wildman–Crippen MR) is 77.5 cm³/mol. The Morgan fingerprint density at radius 3 is 2.21 bits per heavy atom. The molecule has 2 aromatic rings. The van der Waals surface area contributed by atoms with Crippen molar-refractivity contribution in [2.75, 3.05) is 0 Å². The van der Waals surface area contributed by atoms with Crippen molar-refractivity contribution in [3.8, 4) is 11.3 Å². The molecule has 0 fully saturated rings. The van der Waals surface area contributed by atoms with Crippen LogP contribution in [-0.2, 0) is 7.05 Å². The molecule has 4 nitrogen and oxygen atoms in total. The van der Waals surface area contributed by atoms with Gasteiger partial charge in [-0.15, -0.1) is 0 Å². The van der Waals surface area contributed by atoms with Gasteiger partial charge in [-0.2, -0.15) is 5.10 Å². The Hall–Kier alpha value is -1.62. The first kappa shape index (κ1) is 13.8. The molecule has 2 rings (SSSR count). The van der Waals surface area contributed by atoms with Gasteiger partial charge in [0.05, 0.1) is 10.2 Å². The minimum absolute atomic E-state index is 0.0388. The van der Waals surface area contributed by atoms with E-state index in [0.717, 1.165) is 22.4 Å². The van der Waals surface area contributed by atoms with E-state index in [0.29, 0.717) is 4.47 Å². The number of rotatable bonds is 2. The second-order valence-electron chi connectivity index (χ2n) is 4.71. The van der Waals surface area contributed by atoms with Crippen LogP contribution in [0, 0.1) is 20.8 Å². The SMILES string of the molecule is Cc1cc(C)c(-c2c(Br)c(C(=O)O)nn2C)c(C)c1. The minimum Gasteiger partial charge on any atom is -0.476 e. The maximum absolute atomic E-state index is 11.1. The minimum atomic E-state index is -1.03. The molecule has 0 aliphatic carbocycles. The molecule has 19 heavy (non-hydrogen) atoms. The quantitative estimate of drug-likeness (QED) is 0.921. The molecule has 0 saturated carbocycles. The number of hydrogen-bond donors (Lipinski definition) is 1. The zero-order chi connectivity index (χ0) is 14.3. The number of benzene rings is 1. The highest BCUT2D eigenvalue weighted by Crippen LogP contribution is 2.35. The molecule has 100 valence electrons. The van der Waals surface area contributed by atoms with Crippen molar-refractivity contribution in [1.29, 1.82) is 0 Å². The molecule has 1 aromatic heterocycles. The van der Waals surface area contributed by atoms with Crippen molar-refractivity contribution in [1.82, 2.24) is 9.78 Å². The van der Waals surface area contributed by atoms with Crippen LogP contribution in [0.4, 0.5) is 0 Å². The first-order valence-electron chi connectivity index (χ1n) is 5.87. The van der Waals surface area contributed by atoms with Gasteiger partial charge in [0.2, 0.25) is 0 Å². The van der Waals surface area contributed by atoms with Crippen LogP contribution in [0.2, 0.25) is 0 Å². The Bertz CT molecular complexity index is 651. The van der Waals surface area contributed by atoms with Crippen LogP contribution >= 0.6 is 15.9 Å². The molecular weight excluding hydrogens is 308 g/mol. The fourth-order valence-electron chi connectivity index (χ4n) is 2.46. The third-order valence-corrected chi connectivity index (χ3v) is 3.86. The Morgan fingerprint density at radius 1 is 1.26 bits per heavy atom. The van der Waals surface area contributed by atoms with Crippen molar-refractivity contribution in [3.63, 3.8) is 0 Å². The van der Waals surface area contributed by atoms with Crippen molar-refractivity contribution >= 4 is 21.9 Å². The highest BCUT2D eigenvalue weighted by molar-refractivity contribution is 9.10. The number of carbonyl (C=O) groups is 1. The summed E-state index contributed by atoms with van der Waals surface area (Å²) in [5.74, 6) is -1.03. The van der Waals surface area contributed by atoms with Crippen molar-refractivity contribution in [3.05, 3.63) is 39.0 Å². The van der Waals surface area contributed by atoms with Crippen molar-refractivity contribution in [2.24, 2.45) is 7.05 Å². The highest BCUT2D eigenvalue weighted by Gasteiger charge is 2.22. The molecule has 0 saturated heterocycles. The van der Waals surface area contributed by atoms with Crippen LogP contribution in [0.5, 0.6) is 0 Å². The molecule has 0 unspecified atom stereocenters. The Labute approximate surface area is 120 Å². The molecule has 0 aliphatic heterocycles. The molecule has 1 aromatic carbocycles. The summed E-state index contributed by atoms with van der Waals surface area (Å²) in [5.41, 5.74) is 5.27. The van der Waals surface area contributed by atoms with Gasteiger partial charge in [-0.1, -0.05) is 17.7 Å². The van der Waals surface area contributed by atoms with E-state index in [1.54, 1.807) is 11.7 Å². The number of carboxylic acids is 1. The van der Waals surface area contributed by atoms with Gasteiger partial charge in [0.15, 0.2) is 5.69 Å². The van der Waals surface area contributed by atoms with E-state index in [2.05, 4.69) is 33.2 Å². The van der Waals surface area contributed by atoms with Gasteiger partial charge < -0.3 is 5.11 Å². The van der Waals surface area contributed by atoms with Crippen molar-refractivity contribution in [2.45, 2.75) is 20.8 Å². The third kappa shape index (κ3) is 2.30. The number of aromatic nitrogens is 2. The maximum atomic E-state index is 11.1. The van der Waals surface area contributed by atoms with Crippen LogP contribution in [0.25, 0.3) is 11.3 Å². The first-order chi connectivity index (χ1) is 8.82. The summed E-state index contributed by atoms with van der Waals surface area (Å²) in [6, 6.07) is 4.17. The molecule has 1 N–H and O–H groups in total. The van der Waals surface area contributed by atoms with Gasteiger partial charge in [-0.05, 0) is 47.8 Å². The van der Waals surface area contributed by atoms with Crippen molar-refractivity contribution < 1.29 is 9.90 Å². The van der Waals surface area contributed by atoms with E-state index in [1.807, 2.05) is 20.8 Å². The molecule has 0 bridgehead atoms. The lowest BCUT2D eigenvalue weighted by Crippen LogP contribution is -2.00. The number of hydrogen-bond acceptors (Lipinski definition) is 2. The summed E-state index contributed by atoms with van der Waals surface area (Å²) in [5, 5.41) is 13.2. The molecule has 0 radical (unpaired) electrons. The van der Waals surface area contributed by atoms with E-state index >= 15 is 0 Å². The molecule has 0 spiro atoms. The molecular formula is C14H15BrN2O2. The van der Waals surface area contributed by atoms with Gasteiger partial charge in [0, 0.05) is 12.6 Å². The summed E-state index contributed by atoms with van der Waals surface area (Å²) in [6.45, 7) is 6.09. The Kier molecular flexibility index (Phi) is 3.49. The predicted octanol–water partition coefficient (Wildman–Crippen LogP) is 3.47. The topological polar surface area (TPSA) is 55.1 Å². The van der Waals surface area contributed by atoms with Crippen LogP contribution in [0.1, 0.15) is 27.2 Å². The summed E-state index contributed by atoms with van der Waals surface area (Å²) in [6.07, 6.45) is 0. The standard InChI is InChI=1S/C14H15BrN2O2/c1-7-5-8(2)10(9(3)6-7)13-11(15)12(14(18)19)16-17(13)4/h5-6H,1-4H3,(H,18,19). The summed E-state index contributed by atoms with van der Waals surface area (Å²) < 4.78 is 2.13. The number of aromatic carboxylic acids is 1. The first-order valence-corrected chi connectivity index (χ1v) is 6.66. The van der Waals surface area contributed by atoms with Gasteiger partial charge in [-0.25, -0.2) is 4.79 Å². The van der Waals surface area contributed by atoms with Crippen LogP contribution in [0.15, 0.2) is 16.6 Å². The number of aryl methyl sites for hydroxylation is 4. The zero-order valence-corrected chi connectivity index (χ0v) is 12.9. The smallest absolute Gasteiger partial charge is 0.357 e. The summed E-state index contributed by atoms with van der Waals surface area (Å²) >= 11 is 3.36. The fraction of sp³-hybridized carbons (Fsp3) is 0.286. The van der Waals surface area contributed by atoms with Gasteiger partial charge in [0.1, 0.15) is 0 Å². The van der Waals surface area contributed by atoms with Gasteiger partial charge >= 0.3 is 5.97 Å². The molecule has 0 aliphatic rings. The van der Waals surface area contributed by atoms with E-state index in [9.17, 15) is 4.79 Å². The largest absolute Gasteiger partial charge is 0.476 e. The lowest BCUT2D eigenvalue weighted by molar-refractivity contribution is 0.0688. The fourth-order valence-corrected chi connectivity index (χ4v) is 3.16. The summed E-state index contributed by atoms with van der Waals surface area (Å²) in [7, 11) is 1.76. The molecule has 0 atom stereocenters. The van der Waals surface area contributed by atoms with E-state index in [-0.39, 0.29) is 5.69 Å². The average Bonchev–Trinajstić information content (AvgIpc) is 2.55. The highest BCUT2D eigenvalue weighted by atomic mass is 79.9. The van der Waals surface area contributed by atoms with Gasteiger partial charge in [0.25, 0.3) is 0 Å². The normalized spacial score (nSPS) is 10.8. The second-order valence-corrected chi connectivity index (χ2v) is 5.51. The Balaban J connectivity index is 2.77. The van der Waals surface area contributed by atoms with Crippen LogP contribution < -0.4 is 0 Å². The van der Waals surface area contributed by atoms with Crippen LogP contribution in [0.3, 0.4) is 0 Å². The van der Waals surface area contributed by atoms with E-state index in [4.69, 9.17) is 5.11 Å². The zero-order valence-electron chi connectivity index (χ0n) is 11.3. The maximum Gasteiger partial charge on any atom is 0.357 e. The second kappa shape index (κ2) is 4.81. The number of carboxylic acid groups (broad SMARTS) is 1. The van der Waals surface area contributed by atoms with Crippen LogP contribution in [-0.4, -0.2) is 20.9 Å². The average molecular weight is 323 g/mol. The molecule has 0 amide bonds. The van der Waals surface area contributed by atoms with E-state index < -0.39 is 5.97 Å². The number of nitrogens with zero attached hydrogens (tertiary/aromatic N) is 2. The van der Waals surface area contributed by atoms with Gasteiger partial charge in [-0.3, -0.25) is 4.68 Å². The number of halogens is 1. The monoisotopic (exact) mass is 322 g/mol. The molecule has 1 heterocycles. The summed E-state index contributed by atoms with van der Waals surface area (Å²) in [4.78, 5) is 11.1. The lowest BCUT2D eigenvalue weighted by atomic mass is 9.97. The lowest BCUT2D eigenvalue weighted by Gasteiger charge is -2.12. The third-order valence-electron chi connectivity index (χ3n) is 3.11. The molecule has 5 heteroatoms. The van der Waals surface area contributed by atoms with E-state index in [1.165, 1.54) is 5.56 Å².